The van der Waals surface area contributed by atoms with E-state index >= 15 is 0 Å². The highest BCUT2D eigenvalue weighted by Gasteiger charge is 2.33. The van der Waals surface area contributed by atoms with Crippen molar-refractivity contribution in [3.63, 3.8) is 0 Å². The van der Waals surface area contributed by atoms with Gasteiger partial charge in [-0.1, -0.05) is 25.1 Å². The summed E-state index contributed by atoms with van der Waals surface area (Å²) in [4.78, 5) is 21.9. The van der Waals surface area contributed by atoms with Crippen molar-refractivity contribution in [2.45, 2.75) is 19.5 Å². The van der Waals surface area contributed by atoms with Gasteiger partial charge in [-0.15, -0.1) is 0 Å². The first kappa shape index (κ1) is 20.0. The Labute approximate surface area is 152 Å². The summed E-state index contributed by atoms with van der Waals surface area (Å²) in [6.45, 7) is 1.55. The van der Waals surface area contributed by atoms with Crippen LogP contribution in [0.25, 0.3) is 0 Å². The van der Waals surface area contributed by atoms with Crippen LogP contribution < -0.4 is 15.6 Å². The third-order valence-corrected chi connectivity index (χ3v) is 3.57. The molecule has 2 aromatic rings. The number of alkyl halides is 3. The summed E-state index contributed by atoms with van der Waals surface area (Å²) in [5.74, 6) is -0.134. The number of carbonyl (C=O) groups is 1. The molecule has 0 spiro atoms. The van der Waals surface area contributed by atoms with Crippen LogP contribution in [-0.4, -0.2) is 17.4 Å². The fourth-order valence-corrected chi connectivity index (χ4v) is 2.22. The molecule has 0 bridgehead atoms. The molecule has 1 amide bonds. The summed E-state index contributed by atoms with van der Waals surface area (Å²) in [6, 6.07) is 9.05. The number of amides is 1. The van der Waals surface area contributed by atoms with Crippen molar-refractivity contribution < 1.29 is 27.6 Å². The molecular formula is C17H16F3N3O4. The monoisotopic (exact) mass is 383 g/mol. The number of halogens is 3. The fourth-order valence-electron chi connectivity index (χ4n) is 2.22. The van der Waals surface area contributed by atoms with E-state index < -0.39 is 28.3 Å². The lowest BCUT2D eigenvalue weighted by Crippen LogP contribution is -2.34. The summed E-state index contributed by atoms with van der Waals surface area (Å²) in [5.41, 5.74) is 3.05. The highest BCUT2D eigenvalue weighted by Crippen LogP contribution is 2.34. The van der Waals surface area contributed by atoms with E-state index in [2.05, 4.69) is 10.9 Å². The van der Waals surface area contributed by atoms with Crippen LogP contribution >= 0.6 is 0 Å². The Balaban J connectivity index is 2.01. The average molecular weight is 383 g/mol. The van der Waals surface area contributed by atoms with Crippen LogP contribution in [0.2, 0.25) is 0 Å². The SMILES string of the molecule is CCc1ccccc1OCC(=O)NNc1ccc(C(F)(F)F)cc1[N+](=O)[O-]. The molecule has 144 valence electrons. The number of nitro benzene ring substituents is 1. The van der Waals surface area contributed by atoms with Crippen molar-refractivity contribution in [3.8, 4) is 5.75 Å². The van der Waals surface area contributed by atoms with Crippen molar-refractivity contribution in [3.05, 3.63) is 63.7 Å². The number of rotatable bonds is 7. The predicted molar refractivity (Wildman–Crippen MR) is 91.2 cm³/mol. The van der Waals surface area contributed by atoms with E-state index in [1.54, 1.807) is 12.1 Å². The Bertz CT molecular complexity index is 840. The molecule has 2 aromatic carbocycles. The molecule has 27 heavy (non-hydrogen) atoms. The zero-order valence-electron chi connectivity index (χ0n) is 14.2. The second-order valence-corrected chi connectivity index (χ2v) is 5.41. The molecule has 2 rings (SSSR count). The second kappa shape index (κ2) is 8.39. The average Bonchev–Trinajstić information content (AvgIpc) is 2.63. The lowest BCUT2D eigenvalue weighted by atomic mass is 10.1. The van der Waals surface area contributed by atoms with Crippen LogP contribution in [0.3, 0.4) is 0 Å². The van der Waals surface area contributed by atoms with E-state index in [9.17, 15) is 28.1 Å². The third-order valence-electron chi connectivity index (χ3n) is 3.57. The molecule has 0 aromatic heterocycles. The number of ether oxygens (including phenoxy) is 1. The van der Waals surface area contributed by atoms with E-state index in [-0.39, 0.29) is 12.3 Å². The lowest BCUT2D eigenvalue weighted by molar-refractivity contribution is -0.384. The maximum atomic E-state index is 12.7. The minimum Gasteiger partial charge on any atom is -0.483 e. The lowest BCUT2D eigenvalue weighted by Gasteiger charge is -2.13. The first-order valence-electron chi connectivity index (χ1n) is 7.83. The van der Waals surface area contributed by atoms with Crippen LogP contribution in [0.5, 0.6) is 5.75 Å². The Kier molecular flexibility index (Phi) is 6.22. The number of nitro groups is 1. The molecule has 0 aliphatic heterocycles. The number of para-hydroxylation sites is 1. The highest BCUT2D eigenvalue weighted by molar-refractivity contribution is 5.79. The van der Waals surface area contributed by atoms with Gasteiger partial charge in [0.25, 0.3) is 11.6 Å². The van der Waals surface area contributed by atoms with Gasteiger partial charge in [0, 0.05) is 6.07 Å². The zero-order chi connectivity index (χ0) is 20.0. The molecule has 0 radical (unpaired) electrons. The molecule has 7 nitrogen and oxygen atoms in total. The fraction of sp³-hybridized carbons (Fsp3) is 0.235. The van der Waals surface area contributed by atoms with Gasteiger partial charge >= 0.3 is 6.18 Å². The molecule has 0 unspecified atom stereocenters. The van der Waals surface area contributed by atoms with E-state index in [1.807, 2.05) is 19.1 Å². The van der Waals surface area contributed by atoms with Gasteiger partial charge < -0.3 is 4.74 Å². The highest BCUT2D eigenvalue weighted by atomic mass is 19.4. The smallest absolute Gasteiger partial charge is 0.416 e. The summed E-state index contributed by atoms with van der Waals surface area (Å²) in [5, 5.41) is 11.0. The molecule has 2 N–H and O–H groups in total. The molecular weight excluding hydrogens is 367 g/mol. The normalized spacial score (nSPS) is 11.0. The molecule has 0 aliphatic carbocycles. The number of nitrogens with one attached hydrogen (secondary N) is 2. The maximum absolute atomic E-state index is 12.7. The third kappa shape index (κ3) is 5.33. The molecule has 0 saturated heterocycles. The van der Waals surface area contributed by atoms with E-state index in [1.165, 1.54) is 0 Å². The predicted octanol–water partition coefficient (Wildman–Crippen LogP) is 3.70. The number of carbonyl (C=O) groups excluding carboxylic acids is 1. The Morgan fingerprint density at radius 1 is 1.22 bits per heavy atom. The van der Waals surface area contributed by atoms with Gasteiger partial charge in [0.1, 0.15) is 11.4 Å². The molecule has 10 heteroatoms. The van der Waals surface area contributed by atoms with Crippen LogP contribution in [0, 0.1) is 10.1 Å². The van der Waals surface area contributed by atoms with Gasteiger partial charge in [-0.2, -0.15) is 13.2 Å². The van der Waals surface area contributed by atoms with Crippen molar-refractivity contribution in [2.24, 2.45) is 0 Å². The van der Waals surface area contributed by atoms with Crippen molar-refractivity contribution in [2.75, 3.05) is 12.0 Å². The second-order valence-electron chi connectivity index (χ2n) is 5.41. The standard InChI is InChI=1S/C17H16F3N3O4/c1-2-11-5-3-4-6-15(11)27-10-16(24)22-21-13-8-7-12(17(18,19)20)9-14(13)23(25)26/h3-9,21H,2,10H2,1H3,(H,22,24). The number of aryl methyl sites for hydroxylation is 1. The maximum Gasteiger partial charge on any atom is 0.416 e. The Morgan fingerprint density at radius 2 is 1.93 bits per heavy atom. The summed E-state index contributed by atoms with van der Waals surface area (Å²) < 4.78 is 43.4. The van der Waals surface area contributed by atoms with Crippen LogP contribution in [0.4, 0.5) is 24.5 Å². The van der Waals surface area contributed by atoms with E-state index in [0.717, 1.165) is 11.6 Å². The first-order valence-corrected chi connectivity index (χ1v) is 7.83. The van der Waals surface area contributed by atoms with E-state index in [4.69, 9.17) is 4.74 Å². The number of anilines is 1. The quantitative estimate of drug-likeness (QED) is 0.562. The van der Waals surface area contributed by atoms with Crippen LogP contribution in [-0.2, 0) is 17.4 Å². The first-order chi connectivity index (χ1) is 12.7. The molecule has 0 heterocycles. The minimum absolute atomic E-state index is 0.282. The van der Waals surface area contributed by atoms with Gasteiger partial charge in [0.05, 0.1) is 10.5 Å². The van der Waals surface area contributed by atoms with Crippen molar-refractivity contribution >= 4 is 17.3 Å². The van der Waals surface area contributed by atoms with Crippen molar-refractivity contribution in [1.82, 2.24) is 5.43 Å². The molecule has 0 aliphatic rings. The van der Waals surface area contributed by atoms with Gasteiger partial charge in [-0.25, -0.2) is 0 Å². The minimum atomic E-state index is -4.72. The largest absolute Gasteiger partial charge is 0.483 e. The number of hydrogen-bond donors (Lipinski definition) is 2. The van der Waals surface area contributed by atoms with E-state index in [0.29, 0.717) is 24.3 Å². The summed E-state index contributed by atoms with van der Waals surface area (Å²) in [6.07, 6.45) is -4.01. The van der Waals surface area contributed by atoms with Gasteiger partial charge in [0.15, 0.2) is 6.61 Å². The zero-order valence-corrected chi connectivity index (χ0v) is 14.2. The Hall–Kier alpha value is -3.30. The van der Waals surface area contributed by atoms with Gasteiger partial charge in [0.2, 0.25) is 0 Å². The summed E-state index contributed by atoms with van der Waals surface area (Å²) in [7, 11) is 0. The number of hydrazine groups is 1. The van der Waals surface area contributed by atoms with Gasteiger partial charge in [-0.05, 0) is 30.2 Å². The Morgan fingerprint density at radius 3 is 2.56 bits per heavy atom. The van der Waals surface area contributed by atoms with Crippen molar-refractivity contribution in [1.29, 1.82) is 0 Å². The number of hydrogen-bond acceptors (Lipinski definition) is 5. The molecule has 0 atom stereocenters. The van der Waals surface area contributed by atoms with Crippen LogP contribution in [0.1, 0.15) is 18.1 Å². The van der Waals surface area contributed by atoms with Gasteiger partial charge in [-0.3, -0.25) is 25.8 Å². The topological polar surface area (TPSA) is 93.5 Å². The summed E-state index contributed by atoms with van der Waals surface area (Å²) >= 11 is 0. The molecule has 0 fully saturated rings. The molecule has 0 saturated carbocycles. The number of benzene rings is 2. The van der Waals surface area contributed by atoms with Crippen LogP contribution in [0.15, 0.2) is 42.5 Å². The number of nitrogens with zero attached hydrogens (tertiary/aromatic N) is 1.